The Bertz CT molecular complexity index is 709. The molecule has 1 aliphatic rings. The van der Waals surface area contributed by atoms with Crippen LogP contribution in [0.4, 0.5) is 0 Å². The highest BCUT2D eigenvalue weighted by atomic mass is 32.1. The van der Waals surface area contributed by atoms with Gasteiger partial charge in [0, 0.05) is 34.7 Å². The third-order valence-corrected chi connectivity index (χ3v) is 5.35. The molecule has 1 saturated carbocycles. The number of nitrogens with one attached hydrogen (secondary N) is 1. The van der Waals surface area contributed by atoms with Gasteiger partial charge in [-0.3, -0.25) is 9.59 Å². The van der Waals surface area contributed by atoms with Crippen LogP contribution in [0.3, 0.4) is 0 Å². The van der Waals surface area contributed by atoms with E-state index >= 15 is 0 Å². The average Bonchev–Trinajstić information content (AvgIpc) is 3.25. The summed E-state index contributed by atoms with van der Waals surface area (Å²) in [5.41, 5.74) is -0.255. The van der Waals surface area contributed by atoms with Crippen molar-refractivity contribution in [2.75, 3.05) is 0 Å². The van der Waals surface area contributed by atoms with Gasteiger partial charge in [0.2, 0.25) is 5.91 Å². The number of hydrogen-bond donors (Lipinski definition) is 1. The molecule has 3 rings (SSSR count). The van der Waals surface area contributed by atoms with Crippen LogP contribution in [0.2, 0.25) is 0 Å². The molecule has 2 aromatic rings. The summed E-state index contributed by atoms with van der Waals surface area (Å²) in [7, 11) is 0. The van der Waals surface area contributed by atoms with Crippen LogP contribution in [-0.2, 0) is 17.8 Å². The lowest BCUT2D eigenvalue weighted by atomic mass is 10.1. The standard InChI is InChI=1S/C17H22N2O3S/c1-12-6-8-15(23-12)11-19(13-4-2-3-5-13)17(21)9-7-14-10-16(20)18-22-14/h6,8,10,13H,2-5,7,9,11H2,1H3,(H,18,20). The van der Waals surface area contributed by atoms with Crippen LogP contribution in [0.15, 0.2) is 27.5 Å². The number of thiophene rings is 1. The van der Waals surface area contributed by atoms with Gasteiger partial charge in [-0.15, -0.1) is 11.3 Å². The minimum absolute atomic E-state index is 0.145. The highest BCUT2D eigenvalue weighted by Crippen LogP contribution is 2.27. The van der Waals surface area contributed by atoms with E-state index in [0.29, 0.717) is 31.2 Å². The molecule has 124 valence electrons. The number of aryl methyl sites for hydroxylation is 2. The first-order valence-electron chi connectivity index (χ1n) is 8.14. The monoisotopic (exact) mass is 334 g/mol. The molecule has 0 atom stereocenters. The summed E-state index contributed by atoms with van der Waals surface area (Å²) in [4.78, 5) is 28.3. The first-order chi connectivity index (χ1) is 11.1. The maximum Gasteiger partial charge on any atom is 0.280 e. The largest absolute Gasteiger partial charge is 0.384 e. The van der Waals surface area contributed by atoms with Gasteiger partial charge < -0.3 is 9.42 Å². The van der Waals surface area contributed by atoms with Crippen molar-refractivity contribution < 1.29 is 9.32 Å². The number of H-pyrrole nitrogens is 1. The summed E-state index contributed by atoms with van der Waals surface area (Å²) in [6, 6.07) is 5.98. The van der Waals surface area contributed by atoms with Gasteiger partial charge >= 0.3 is 0 Å². The summed E-state index contributed by atoms with van der Waals surface area (Å²) >= 11 is 1.75. The molecule has 0 aromatic carbocycles. The maximum atomic E-state index is 12.7. The van der Waals surface area contributed by atoms with Gasteiger partial charge in [0.1, 0.15) is 5.76 Å². The van der Waals surface area contributed by atoms with Crippen molar-refractivity contribution in [1.29, 1.82) is 0 Å². The molecule has 1 aliphatic carbocycles. The normalized spacial score (nSPS) is 15.2. The van der Waals surface area contributed by atoms with Crippen molar-refractivity contribution in [2.45, 2.75) is 58.0 Å². The highest BCUT2D eigenvalue weighted by Gasteiger charge is 2.27. The number of aromatic nitrogens is 1. The second kappa shape index (κ2) is 7.17. The molecule has 2 heterocycles. The molecular weight excluding hydrogens is 312 g/mol. The van der Waals surface area contributed by atoms with E-state index < -0.39 is 0 Å². The van der Waals surface area contributed by atoms with Crippen molar-refractivity contribution in [3.8, 4) is 0 Å². The second-order valence-electron chi connectivity index (χ2n) is 6.15. The summed E-state index contributed by atoms with van der Waals surface area (Å²) in [5.74, 6) is 0.688. The van der Waals surface area contributed by atoms with Crippen LogP contribution in [0.5, 0.6) is 0 Å². The van der Waals surface area contributed by atoms with E-state index in [1.54, 1.807) is 11.3 Å². The Morgan fingerprint density at radius 1 is 1.39 bits per heavy atom. The van der Waals surface area contributed by atoms with Crippen LogP contribution in [0.1, 0.15) is 47.6 Å². The molecule has 1 amide bonds. The molecule has 1 N–H and O–H groups in total. The van der Waals surface area contributed by atoms with Gasteiger partial charge in [-0.05, 0) is 31.9 Å². The van der Waals surface area contributed by atoms with Crippen molar-refractivity contribution in [2.24, 2.45) is 0 Å². The Labute approximate surface area is 139 Å². The van der Waals surface area contributed by atoms with E-state index in [0.717, 1.165) is 12.8 Å². The van der Waals surface area contributed by atoms with Crippen molar-refractivity contribution in [3.05, 3.63) is 44.1 Å². The summed E-state index contributed by atoms with van der Waals surface area (Å²) in [5, 5.41) is 2.27. The predicted octanol–water partition coefficient (Wildman–Crippen LogP) is 3.24. The van der Waals surface area contributed by atoms with Crippen molar-refractivity contribution >= 4 is 17.2 Å². The third kappa shape index (κ3) is 4.13. The Balaban J connectivity index is 1.66. The zero-order valence-corrected chi connectivity index (χ0v) is 14.2. The quantitative estimate of drug-likeness (QED) is 0.882. The average molecular weight is 334 g/mol. The number of amides is 1. The number of hydrogen-bond acceptors (Lipinski definition) is 4. The van der Waals surface area contributed by atoms with E-state index in [1.165, 1.54) is 28.7 Å². The van der Waals surface area contributed by atoms with Crippen molar-refractivity contribution in [1.82, 2.24) is 10.1 Å². The van der Waals surface area contributed by atoms with Crippen LogP contribution in [0, 0.1) is 6.92 Å². The molecule has 6 heteroatoms. The lowest BCUT2D eigenvalue weighted by molar-refractivity contribution is -0.134. The zero-order chi connectivity index (χ0) is 16.2. The van der Waals surface area contributed by atoms with E-state index in [1.807, 2.05) is 4.90 Å². The van der Waals surface area contributed by atoms with E-state index in [9.17, 15) is 9.59 Å². The highest BCUT2D eigenvalue weighted by molar-refractivity contribution is 7.11. The fraction of sp³-hybridized carbons (Fsp3) is 0.529. The lowest BCUT2D eigenvalue weighted by Crippen LogP contribution is -2.38. The second-order valence-corrected chi connectivity index (χ2v) is 7.52. The fourth-order valence-electron chi connectivity index (χ4n) is 3.19. The van der Waals surface area contributed by atoms with E-state index in [-0.39, 0.29) is 11.5 Å². The van der Waals surface area contributed by atoms with Crippen molar-refractivity contribution in [3.63, 3.8) is 0 Å². The Kier molecular flexibility index (Phi) is 5.00. The summed E-state index contributed by atoms with van der Waals surface area (Å²) in [6.07, 6.45) is 5.42. The predicted molar refractivity (Wildman–Crippen MR) is 89.5 cm³/mol. The topological polar surface area (TPSA) is 66.3 Å². The van der Waals surface area contributed by atoms with Crippen LogP contribution >= 0.6 is 11.3 Å². The molecule has 0 spiro atoms. The molecule has 2 aromatic heterocycles. The van der Waals surface area contributed by atoms with Gasteiger partial charge in [0.25, 0.3) is 5.56 Å². The molecule has 0 saturated heterocycles. The number of carbonyl (C=O) groups excluding carboxylic acids is 1. The SMILES string of the molecule is Cc1ccc(CN(C(=O)CCc2cc(=O)[nH]o2)C2CCCC2)s1. The molecule has 0 aliphatic heterocycles. The number of nitrogens with zero attached hydrogens (tertiary/aromatic N) is 1. The molecule has 0 unspecified atom stereocenters. The molecule has 1 fully saturated rings. The minimum atomic E-state index is -0.255. The number of aromatic amines is 1. The number of carbonyl (C=O) groups is 1. The van der Waals surface area contributed by atoms with Crippen LogP contribution in [-0.4, -0.2) is 22.0 Å². The van der Waals surface area contributed by atoms with Gasteiger partial charge in [0.05, 0.1) is 6.54 Å². The molecule has 5 nitrogen and oxygen atoms in total. The van der Waals surface area contributed by atoms with Gasteiger partial charge in [-0.2, -0.15) is 5.16 Å². The fourth-order valence-corrected chi connectivity index (χ4v) is 4.08. The van der Waals surface area contributed by atoms with Crippen LogP contribution in [0.25, 0.3) is 0 Å². The summed E-state index contributed by atoms with van der Waals surface area (Å²) < 4.78 is 5.04. The molecule has 0 radical (unpaired) electrons. The first-order valence-corrected chi connectivity index (χ1v) is 8.95. The Morgan fingerprint density at radius 3 is 2.78 bits per heavy atom. The molecule has 23 heavy (non-hydrogen) atoms. The maximum absolute atomic E-state index is 12.7. The lowest BCUT2D eigenvalue weighted by Gasteiger charge is -2.28. The molecule has 0 bridgehead atoms. The Morgan fingerprint density at radius 2 is 2.17 bits per heavy atom. The van der Waals surface area contributed by atoms with Gasteiger partial charge in [0.15, 0.2) is 0 Å². The van der Waals surface area contributed by atoms with E-state index in [2.05, 4.69) is 24.2 Å². The third-order valence-electron chi connectivity index (χ3n) is 4.37. The minimum Gasteiger partial charge on any atom is -0.384 e. The number of rotatable bonds is 6. The van der Waals surface area contributed by atoms with Gasteiger partial charge in [-0.25, -0.2) is 0 Å². The van der Waals surface area contributed by atoms with Crippen LogP contribution < -0.4 is 5.56 Å². The zero-order valence-electron chi connectivity index (χ0n) is 13.3. The first kappa shape index (κ1) is 16.1. The summed E-state index contributed by atoms with van der Waals surface area (Å²) in [6.45, 7) is 2.78. The van der Waals surface area contributed by atoms with E-state index in [4.69, 9.17) is 4.52 Å². The Hall–Kier alpha value is -1.82. The molecular formula is C17H22N2O3S. The smallest absolute Gasteiger partial charge is 0.280 e. The van der Waals surface area contributed by atoms with Gasteiger partial charge in [-0.1, -0.05) is 12.8 Å².